The minimum Gasteiger partial charge on any atom is -0.480 e. The summed E-state index contributed by atoms with van der Waals surface area (Å²) in [5.41, 5.74) is 0. The number of hydrogen-bond acceptors (Lipinski definition) is 3. The topological polar surface area (TPSA) is 52.6 Å². The molecule has 0 saturated carbocycles. The predicted octanol–water partition coefficient (Wildman–Crippen LogP) is 0.145. The van der Waals surface area contributed by atoms with E-state index in [1.54, 1.807) is 0 Å². The molecule has 4 heteroatoms. The highest BCUT2D eigenvalue weighted by Crippen LogP contribution is 2.24. The molecule has 0 radical (unpaired) electrons. The summed E-state index contributed by atoms with van der Waals surface area (Å²) in [4.78, 5) is 13.3. The molecule has 0 aromatic rings. The molecule has 0 bridgehead atoms. The van der Waals surface area contributed by atoms with Gasteiger partial charge in [-0.05, 0) is 38.3 Å². The van der Waals surface area contributed by atoms with Gasteiger partial charge in [0, 0.05) is 13.1 Å². The van der Waals surface area contributed by atoms with Crippen LogP contribution in [0.25, 0.3) is 0 Å². The van der Waals surface area contributed by atoms with E-state index in [0.717, 1.165) is 45.4 Å². The minimum atomic E-state index is -0.628. The molecule has 2 saturated heterocycles. The van der Waals surface area contributed by atoms with Crippen molar-refractivity contribution in [3.05, 3.63) is 0 Å². The Morgan fingerprint density at radius 2 is 2.00 bits per heavy atom. The Hall–Kier alpha value is -0.610. The van der Waals surface area contributed by atoms with Crippen molar-refractivity contribution in [3.63, 3.8) is 0 Å². The predicted molar refractivity (Wildman–Crippen MR) is 53.2 cm³/mol. The van der Waals surface area contributed by atoms with Crippen LogP contribution in [0.1, 0.15) is 19.3 Å². The lowest BCUT2D eigenvalue weighted by atomic mass is 9.88. The first-order chi connectivity index (χ1) is 6.79. The van der Waals surface area contributed by atoms with E-state index in [9.17, 15) is 9.90 Å². The van der Waals surface area contributed by atoms with Crippen LogP contribution in [-0.4, -0.2) is 48.2 Å². The first-order valence-electron chi connectivity index (χ1n) is 5.46. The molecule has 2 heterocycles. The van der Waals surface area contributed by atoms with Crippen molar-refractivity contribution in [1.82, 2.24) is 10.2 Å². The van der Waals surface area contributed by atoms with Gasteiger partial charge >= 0.3 is 5.97 Å². The first kappa shape index (κ1) is 9.93. The first-order valence-corrected chi connectivity index (χ1v) is 5.46. The normalized spacial score (nSPS) is 26.9. The van der Waals surface area contributed by atoms with E-state index in [4.69, 9.17) is 0 Å². The minimum absolute atomic E-state index is 0.217. The number of aliphatic carboxylic acids is 1. The average Bonchev–Trinajstić information content (AvgIpc) is 2.12. The summed E-state index contributed by atoms with van der Waals surface area (Å²) < 4.78 is 0. The van der Waals surface area contributed by atoms with Crippen LogP contribution in [-0.2, 0) is 4.79 Å². The maximum absolute atomic E-state index is 11.2. The molecule has 2 fully saturated rings. The van der Waals surface area contributed by atoms with Crippen molar-refractivity contribution in [3.8, 4) is 0 Å². The molecular weight excluding hydrogens is 180 g/mol. The van der Waals surface area contributed by atoms with Gasteiger partial charge in [0.1, 0.15) is 6.04 Å². The Kier molecular flexibility index (Phi) is 3.03. The second kappa shape index (κ2) is 4.28. The second-order valence-corrected chi connectivity index (χ2v) is 4.26. The highest BCUT2D eigenvalue weighted by atomic mass is 16.4. The third-order valence-electron chi connectivity index (χ3n) is 3.37. The molecule has 1 unspecified atom stereocenters. The van der Waals surface area contributed by atoms with Crippen LogP contribution >= 0.6 is 0 Å². The molecule has 0 aromatic carbocycles. The van der Waals surface area contributed by atoms with Crippen molar-refractivity contribution < 1.29 is 9.90 Å². The molecule has 2 N–H and O–H groups in total. The van der Waals surface area contributed by atoms with Crippen molar-refractivity contribution >= 4 is 5.97 Å². The highest BCUT2D eigenvalue weighted by molar-refractivity contribution is 5.74. The lowest BCUT2D eigenvalue weighted by Gasteiger charge is -2.41. The summed E-state index contributed by atoms with van der Waals surface area (Å²) in [5, 5.41) is 12.5. The molecule has 1 atom stereocenters. The van der Waals surface area contributed by atoms with Crippen LogP contribution in [0.15, 0.2) is 0 Å². The molecule has 2 rings (SSSR count). The molecule has 0 aromatic heterocycles. The smallest absolute Gasteiger partial charge is 0.321 e. The maximum atomic E-state index is 11.2. The van der Waals surface area contributed by atoms with E-state index in [1.807, 2.05) is 0 Å². The molecule has 0 aliphatic carbocycles. The molecule has 0 amide bonds. The third kappa shape index (κ3) is 1.91. The van der Waals surface area contributed by atoms with Gasteiger partial charge in [-0.2, -0.15) is 0 Å². The summed E-state index contributed by atoms with van der Waals surface area (Å²) in [6.45, 7) is 3.90. The van der Waals surface area contributed by atoms with Gasteiger partial charge in [-0.3, -0.25) is 9.69 Å². The average molecular weight is 198 g/mol. The van der Waals surface area contributed by atoms with Gasteiger partial charge in [-0.15, -0.1) is 0 Å². The number of rotatable bonds is 3. The molecule has 2 aliphatic rings. The number of carboxylic acid groups (broad SMARTS) is 1. The van der Waals surface area contributed by atoms with E-state index in [-0.39, 0.29) is 6.04 Å². The van der Waals surface area contributed by atoms with Gasteiger partial charge in [0.05, 0.1) is 0 Å². The van der Waals surface area contributed by atoms with Gasteiger partial charge in [0.2, 0.25) is 0 Å². The maximum Gasteiger partial charge on any atom is 0.321 e. The molecule has 14 heavy (non-hydrogen) atoms. The Morgan fingerprint density at radius 3 is 2.43 bits per heavy atom. The third-order valence-corrected chi connectivity index (χ3v) is 3.37. The molecule has 2 aliphatic heterocycles. The molecule has 4 nitrogen and oxygen atoms in total. The largest absolute Gasteiger partial charge is 0.480 e. The fourth-order valence-corrected chi connectivity index (χ4v) is 2.43. The number of hydrogen-bond donors (Lipinski definition) is 2. The fraction of sp³-hybridized carbons (Fsp3) is 0.900. The standard InChI is InChI=1S/C10H18N2O2/c13-10(14)9(12-6-1-7-12)8-2-4-11-5-3-8/h8-9,11H,1-7H2,(H,13,14). The van der Waals surface area contributed by atoms with Crippen molar-refractivity contribution in [2.45, 2.75) is 25.3 Å². The van der Waals surface area contributed by atoms with Crippen molar-refractivity contribution in [2.24, 2.45) is 5.92 Å². The SMILES string of the molecule is O=C(O)C(C1CCNCC1)N1CCC1. The number of nitrogens with zero attached hydrogens (tertiary/aromatic N) is 1. The Labute approximate surface area is 84.3 Å². The number of nitrogens with one attached hydrogen (secondary N) is 1. The zero-order valence-corrected chi connectivity index (χ0v) is 8.41. The van der Waals surface area contributed by atoms with E-state index >= 15 is 0 Å². The van der Waals surface area contributed by atoms with Gasteiger partial charge in [0.25, 0.3) is 0 Å². The zero-order valence-electron chi connectivity index (χ0n) is 8.41. The molecule has 80 valence electrons. The van der Waals surface area contributed by atoms with Crippen LogP contribution in [0.3, 0.4) is 0 Å². The van der Waals surface area contributed by atoms with Gasteiger partial charge in [0.15, 0.2) is 0 Å². The number of likely N-dealkylation sites (tertiary alicyclic amines) is 1. The van der Waals surface area contributed by atoms with Crippen molar-refractivity contribution in [1.29, 1.82) is 0 Å². The lowest BCUT2D eigenvalue weighted by Crippen LogP contribution is -2.54. The zero-order chi connectivity index (χ0) is 9.97. The summed E-state index contributed by atoms with van der Waals surface area (Å²) in [7, 11) is 0. The van der Waals surface area contributed by atoms with E-state index in [1.165, 1.54) is 0 Å². The molecular formula is C10H18N2O2. The van der Waals surface area contributed by atoms with Gasteiger partial charge in [-0.1, -0.05) is 0 Å². The Morgan fingerprint density at radius 1 is 1.36 bits per heavy atom. The Bertz CT molecular complexity index is 210. The second-order valence-electron chi connectivity index (χ2n) is 4.26. The summed E-state index contributed by atoms with van der Waals surface area (Å²) >= 11 is 0. The molecule has 0 spiro atoms. The number of piperidine rings is 1. The monoisotopic (exact) mass is 198 g/mol. The van der Waals surface area contributed by atoms with Crippen LogP contribution in [0.5, 0.6) is 0 Å². The number of carbonyl (C=O) groups is 1. The van der Waals surface area contributed by atoms with Crippen LogP contribution < -0.4 is 5.32 Å². The van der Waals surface area contributed by atoms with Crippen LogP contribution in [0, 0.1) is 5.92 Å². The summed E-state index contributed by atoms with van der Waals surface area (Å²) in [5.74, 6) is -0.273. The quantitative estimate of drug-likeness (QED) is 0.677. The van der Waals surface area contributed by atoms with Gasteiger partial charge in [-0.25, -0.2) is 0 Å². The summed E-state index contributed by atoms with van der Waals surface area (Å²) in [6.07, 6.45) is 3.18. The highest BCUT2D eigenvalue weighted by Gasteiger charge is 2.36. The lowest BCUT2D eigenvalue weighted by molar-refractivity contribution is -0.148. The Balaban J connectivity index is 1.97. The van der Waals surface area contributed by atoms with Crippen LogP contribution in [0.2, 0.25) is 0 Å². The van der Waals surface area contributed by atoms with Crippen molar-refractivity contribution in [2.75, 3.05) is 26.2 Å². The summed E-state index contributed by atoms with van der Waals surface area (Å²) in [6, 6.07) is -0.217. The van der Waals surface area contributed by atoms with E-state index in [0.29, 0.717) is 5.92 Å². The van der Waals surface area contributed by atoms with E-state index in [2.05, 4.69) is 10.2 Å². The van der Waals surface area contributed by atoms with Crippen LogP contribution in [0.4, 0.5) is 0 Å². The van der Waals surface area contributed by atoms with Gasteiger partial charge < -0.3 is 10.4 Å². The van der Waals surface area contributed by atoms with E-state index < -0.39 is 5.97 Å². The fourth-order valence-electron chi connectivity index (χ4n) is 2.43. The number of carboxylic acids is 1.